The molecule has 2 aliphatic heterocycles. The SMILES string of the molecule is CCN(c1cccc2cc(-c3ncc(CN4CCCC(C(O)N5CCCC5)C4)s3)[nH]c12)S(=O)(=O)c1cccs1. The third-order valence-corrected chi connectivity index (χ3v) is 12.1. The van der Waals surface area contributed by atoms with E-state index < -0.39 is 10.0 Å². The molecule has 8 nitrogen and oxygen atoms in total. The van der Waals surface area contributed by atoms with Crippen LogP contribution in [0.25, 0.3) is 21.6 Å². The largest absolute Gasteiger partial charge is 0.378 e. The fourth-order valence-electron chi connectivity index (χ4n) is 5.96. The topological polar surface area (TPSA) is 92.8 Å². The van der Waals surface area contributed by atoms with Crippen molar-refractivity contribution >= 4 is 49.3 Å². The molecular formula is C28H35N5O3S3. The van der Waals surface area contributed by atoms with E-state index in [0.717, 1.165) is 67.2 Å². The maximum atomic E-state index is 13.4. The molecule has 0 radical (unpaired) electrons. The Kier molecular flexibility index (Phi) is 7.80. The normalized spacial score (nSPS) is 20.1. The quantitative estimate of drug-likeness (QED) is 0.281. The van der Waals surface area contributed by atoms with Crippen molar-refractivity contribution < 1.29 is 13.5 Å². The number of likely N-dealkylation sites (tertiary alicyclic amines) is 2. The summed E-state index contributed by atoms with van der Waals surface area (Å²) in [5, 5.41) is 14.5. The molecule has 5 heterocycles. The lowest BCUT2D eigenvalue weighted by Crippen LogP contribution is -2.46. The number of para-hydroxylation sites is 1. The molecule has 2 unspecified atom stereocenters. The minimum Gasteiger partial charge on any atom is -0.378 e. The number of anilines is 1. The molecule has 2 saturated heterocycles. The Balaban J connectivity index is 1.20. The van der Waals surface area contributed by atoms with Crippen molar-refractivity contribution in [3.05, 3.63) is 52.9 Å². The van der Waals surface area contributed by atoms with Gasteiger partial charge in [-0.05, 0) is 62.7 Å². The van der Waals surface area contributed by atoms with Crippen LogP contribution in [0.2, 0.25) is 0 Å². The molecule has 3 aromatic heterocycles. The van der Waals surface area contributed by atoms with Crippen LogP contribution in [0.3, 0.4) is 0 Å². The molecule has 6 rings (SSSR count). The van der Waals surface area contributed by atoms with Crippen LogP contribution < -0.4 is 4.31 Å². The second-order valence-corrected chi connectivity index (χ2v) is 14.6. The van der Waals surface area contributed by atoms with Gasteiger partial charge in [0, 0.05) is 55.1 Å². The molecule has 0 aliphatic carbocycles. The first-order valence-corrected chi connectivity index (χ1v) is 16.8. The van der Waals surface area contributed by atoms with Crippen molar-refractivity contribution in [2.45, 2.75) is 49.6 Å². The molecule has 39 heavy (non-hydrogen) atoms. The number of nitrogens with zero attached hydrogens (tertiary/aromatic N) is 4. The molecule has 2 N–H and O–H groups in total. The highest BCUT2D eigenvalue weighted by molar-refractivity contribution is 7.94. The predicted octanol–water partition coefficient (Wildman–Crippen LogP) is 5.19. The molecule has 2 aliphatic rings. The summed E-state index contributed by atoms with van der Waals surface area (Å²) in [5.41, 5.74) is 2.32. The highest BCUT2D eigenvalue weighted by Gasteiger charge is 2.31. The number of H-pyrrole nitrogens is 1. The lowest BCUT2D eigenvalue weighted by atomic mass is 9.95. The second kappa shape index (κ2) is 11.3. The van der Waals surface area contributed by atoms with Gasteiger partial charge in [0.1, 0.15) is 15.4 Å². The van der Waals surface area contributed by atoms with E-state index >= 15 is 0 Å². The van der Waals surface area contributed by atoms with Crippen LogP contribution in [0.1, 0.15) is 37.5 Å². The summed E-state index contributed by atoms with van der Waals surface area (Å²) < 4.78 is 28.5. The Hall–Kier alpha value is -2.28. The van der Waals surface area contributed by atoms with Crippen LogP contribution >= 0.6 is 22.7 Å². The Bertz CT molecular complexity index is 1510. The van der Waals surface area contributed by atoms with Crippen molar-refractivity contribution in [1.82, 2.24) is 19.8 Å². The molecule has 2 fully saturated rings. The van der Waals surface area contributed by atoms with Crippen LogP contribution in [0.5, 0.6) is 0 Å². The fraction of sp³-hybridized carbons (Fsp3) is 0.464. The van der Waals surface area contributed by atoms with Gasteiger partial charge in [0.05, 0.1) is 16.9 Å². The molecule has 208 valence electrons. The molecule has 0 bridgehead atoms. The average molecular weight is 586 g/mol. The Morgan fingerprint density at radius 2 is 2.03 bits per heavy atom. The number of aromatic nitrogens is 2. The van der Waals surface area contributed by atoms with Gasteiger partial charge in [0.25, 0.3) is 10.0 Å². The summed E-state index contributed by atoms with van der Waals surface area (Å²) in [6.45, 7) is 6.99. The molecule has 0 spiro atoms. The van der Waals surface area contributed by atoms with E-state index in [1.54, 1.807) is 28.8 Å². The standard InChI is InChI=1S/C28H35N5O3S3/c1-2-33(39(35,36)25-11-7-15-37-25)24-10-5-8-20-16-23(30-26(20)24)27-29-17-22(38-27)19-31-12-6-9-21(18-31)28(34)32-13-3-4-14-32/h5,7-8,10-11,15-17,21,28,30,34H,2-4,6,9,12-14,18-19H2,1H3. The Morgan fingerprint density at radius 1 is 1.18 bits per heavy atom. The number of sulfonamides is 1. The van der Waals surface area contributed by atoms with E-state index in [2.05, 4.69) is 20.9 Å². The lowest BCUT2D eigenvalue weighted by Gasteiger charge is -2.37. The summed E-state index contributed by atoms with van der Waals surface area (Å²) in [7, 11) is -3.64. The van der Waals surface area contributed by atoms with Crippen LogP contribution in [0, 0.1) is 5.92 Å². The molecule has 4 aromatic rings. The zero-order valence-corrected chi connectivity index (χ0v) is 24.6. The molecular weight excluding hydrogens is 551 g/mol. The number of aliphatic hydroxyl groups is 1. The van der Waals surface area contributed by atoms with Gasteiger partial charge in [-0.15, -0.1) is 22.7 Å². The second-order valence-electron chi connectivity index (χ2n) is 10.5. The number of aliphatic hydroxyl groups excluding tert-OH is 1. The summed E-state index contributed by atoms with van der Waals surface area (Å²) in [5.74, 6) is 0.295. The lowest BCUT2D eigenvalue weighted by molar-refractivity contribution is -0.0510. The third kappa shape index (κ3) is 5.40. The monoisotopic (exact) mass is 585 g/mol. The maximum Gasteiger partial charge on any atom is 0.273 e. The van der Waals surface area contributed by atoms with Crippen molar-refractivity contribution in [3.63, 3.8) is 0 Å². The first kappa shape index (κ1) is 26.9. The van der Waals surface area contributed by atoms with E-state index in [1.807, 2.05) is 31.3 Å². The average Bonchev–Trinajstić information content (AvgIpc) is 3.75. The number of nitrogens with one attached hydrogen (secondary N) is 1. The zero-order valence-electron chi connectivity index (χ0n) is 22.1. The first-order chi connectivity index (χ1) is 18.9. The summed E-state index contributed by atoms with van der Waals surface area (Å²) in [4.78, 5) is 14.1. The van der Waals surface area contributed by atoms with Gasteiger partial charge in [-0.25, -0.2) is 13.4 Å². The number of benzene rings is 1. The minimum absolute atomic E-state index is 0.295. The number of thiophene rings is 1. The molecule has 1 aromatic carbocycles. The number of fused-ring (bicyclic) bond motifs is 1. The van der Waals surface area contributed by atoms with Gasteiger partial charge in [-0.3, -0.25) is 14.1 Å². The van der Waals surface area contributed by atoms with E-state index in [0.29, 0.717) is 22.4 Å². The van der Waals surface area contributed by atoms with Crippen molar-refractivity contribution in [2.75, 3.05) is 37.0 Å². The first-order valence-electron chi connectivity index (χ1n) is 13.7. The zero-order chi connectivity index (χ0) is 27.0. The van der Waals surface area contributed by atoms with Crippen LogP contribution in [0.4, 0.5) is 5.69 Å². The number of piperidine rings is 1. The van der Waals surface area contributed by atoms with Crippen molar-refractivity contribution in [3.8, 4) is 10.7 Å². The smallest absolute Gasteiger partial charge is 0.273 e. The van der Waals surface area contributed by atoms with E-state index in [-0.39, 0.29) is 6.23 Å². The van der Waals surface area contributed by atoms with Gasteiger partial charge in [0.15, 0.2) is 0 Å². The minimum atomic E-state index is -3.64. The summed E-state index contributed by atoms with van der Waals surface area (Å²) >= 11 is 2.90. The Labute approximate surface area is 238 Å². The highest BCUT2D eigenvalue weighted by atomic mass is 32.2. The van der Waals surface area contributed by atoms with E-state index in [9.17, 15) is 13.5 Å². The maximum absolute atomic E-state index is 13.4. The molecule has 11 heteroatoms. The number of thiazole rings is 1. The molecule has 2 atom stereocenters. The third-order valence-electron chi connectivity index (χ3n) is 7.87. The van der Waals surface area contributed by atoms with E-state index in [1.165, 1.54) is 33.4 Å². The van der Waals surface area contributed by atoms with Gasteiger partial charge >= 0.3 is 0 Å². The molecule has 0 amide bonds. The van der Waals surface area contributed by atoms with Crippen LogP contribution in [0.15, 0.2) is 52.2 Å². The predicted molar refractivity (Wildman–Crippen MR) is 159 cm³/mol. The highest BCUT2D eigenvalue weighted by Crippen LogP contribution is 2.36. The van der Waals surface area contributed by atoms with Crippen LogP contribution in [-0.2, 0) is 16.6 Å². The fourth-order valence-corrected chi connectivity index (χ4v) is 9.48. The number of hydrogen-bond acceptors (Lipinski definition) is 8. The van der Waals surface area contributed by atoms with E-state index in [4.69, 9.17) is 4.98 Å². The molecule has 0 saturated carbocycles. The summed E-state index contributed by atoms with van der Waals surface area (Å²) in [6, 6.07) is 11.2. The van der Waals surface area contributed by atoms with Crippen molar-refractivity contribution in [2.24, 2.45) is 5.92 Å². The number of rotatable bonds is 9. The van der Waals surface area contributed by atoms with Gasteiger partial charge in [0.2, 0.25) is 0 Å². The Morgan fingerprint density at radius 3 is 2.79 bits per heavy atom. The van der Waals surface area contributed by atoms with Crippen molar-refractivity contribution in [1.29, 1.82) is 0 Å². The number of hydrogen-bond donors (Lipinski definition) is 2. The van der Waals surface area contributed by atoms with Crippen LogP contribution in [-0.4, -0.2) is 72.2 Å². The van der Waals surface area contributed by atoms with Gasteiger partial charge in [-0.2, -0.15) is 0 Å². The number of aromatic amines is 1. The van der Waals surface area contributed by atoms with Gasteiger partial charge in [-0.1, -0.05) is 18.2 Å². The van der Waals surface area contributed by atoms with Gasteiger partial charge < -0.3 is 10.1 Å². The summed E-state index contributed by atoms with van der Waals surface area (Å²) in [6.07, 6.45) is 6.18.